The van der Waals surface area contributed by atoms with Crippen LogP contribution in [0, 0.1) is 0 Å². The molecule has 0 atom stereocenters. The van der Waals surface area contributed by atoms with Crippen LogP contribution in [0.4, 0.5) is 0 Å². The smallest absolute Gasteiger partial charge is 0.240 e. The van der Waals surface area contributed by atoms with Crippen molar-refractivity contribution in [3.8, 4) is 17.4 Å². The first kappa shape index (κ1) is 16.8. The summed E-state index contributed by atoms with van der Waals surface area (Å²) in [6, 6.07) is 3.44. The molecule has 2 aromatic rings. The van der Waals surface area contributed by atoms with Crippen molar-refractivity contribution in [3.63, 3.8) is 0 Å². The quantitative estimate of drug-likeness (QED) is 0.755. The zero-order chi connectivity index (χ0) is 18.1. The maximum Gasteiger partial charge on any atom is 0.240 e. The van der Waals surface area contributed by atoms with E-state index in [1.807, 2.05) is 0 Å². The van der Waals surface area contributed by atoms with Gasteiger partial charge in [0.25, 0.3) is 0 Å². The van der Waals surface area contributed by atoms with Crippen LogP contribution in [0.3, 0.4) is 0 Å². The standard InChI is InChI=1S/C18H22N4O4/c1-25-14-9-13-12(16(23)21-10-20-13)8-15(14)26-11-2-4-18(5-3-11)17(24)19-6-7-22-18/h8-11,22H,2-7H2,1H3,(H,19,24)(H,20,21,23)/t11-,18-. The number of ether oxygens (including phenoxy) is 2. The summed E-state index contributed by atoms with van der Waals surface area (Å²) in [7, 11) is 1.57. The summed E-state index contributed by atoms with van der Waals surface area (Å²) in [6.07, 6.45) is 4.27. The molecule has 1 aliphatic carbocycles. The number of hydrogen-bond acceptors (Lipinski definition) is 7. The SMILES string of the molecule is COc1cc2ncnc(O)c2cc1O[C@H]1CC[C@@]2(CC1)NCCNC2=O. The Hall–Kier alpha value is -2.61. The summed E-state index contributed by atoms with van der Waals surface area (Å²) in [5.41, 5.74) is 0.130. The van der Waals surface area contributed by atoms with Crippen LogP contribution in [-0.4, -0.2) is 52.8 Å². The maximum atomic E-state index is 12.2. The number of carbonyl (C=O) groups is 1. The molecule has 2 heterocycles. The van der Waals surface area contributed by atoms with Crippen LogP contribution >= 0.6 is 0 Å². The lowest BCUT2D eigenvalue weighted by atomic mass is 9.78. The molecule has 0 bridgehead atoms. The van der Waals surface area contributed by atoms with Gasteiger partial charge in [0.1, 0.15) is 6.33 Å². The summed E-state index contributed by atoms with van der Waals surface area (Å²) in [5.74, 6) is 1.11. The molecule has 3 N–H and O–H groups in total. The third-order valence-electron chi connectivity index (χ3n) is 5.29. The Labute approximate surface area is 150 Å². The number of fused-ring (bicyclic) bond motifs is 1. The summed E-state index contributed by atoms with van der Waals surface area (Å²) in [4.78, 5) is 20.2. The molecule has 4 rings (SSSR count). The highest BCUT2D eigenvalue weighted by molar-refractivity contribution is 5.87. The van der Waals surface area contributed by atoms with Crippen LogP contribution in [0.25, 0.3) is 10.9 Å². The van der Waals surface area contributed by atoms with Crippen LogP contribution < -0.4 is 20.1 Å². The second kappa shape index (κ2) is 6.60. The van der Waals surface area contributed by atoms with Crippen molar-refractivity contribution < 1.29 is 19.4 Å². The van der Waals surface area contributed by atoms with Gasteiger partial charge in [0.2, 0.25) is 11.8 Å². The van der Waals surface area contributed by atoms with Crippen LogP contribution in [0.15, 0.2) is 18.5 Å². The molecule has 8 heteroatoms. The average Bonchev–Trinajstić information content (AvgIpc) is 2.66. The third kappa shape index (κ3) is 2.90. The minimum atomic E-state index is -0.461. The number of rotatable bonds is 3. The van der Waals surface area contributed by atoms with Gasteiger partial charge in [-0.1, -0.05) is 0 Å². The molecule has 1 saturated carbocycles. The number of piperazine rings is 1. The van der Waals surface area contributed by atoms with Gasteiger partial charge in [0.05, 0.1) is 29.7 Å². The van der Waals surface area contributed by atoms with Gasteiger partial charge in [-0.2, -0.15) is 0 Å². The number of carbonyl (C=O) groups excluding carboxylic acids is 1. The number of aromatic nitrogens is 2. The Morgan fingerprint density at radius 3 is 2.73 bits per heavy atom. The van der Waals surface area contributed by atoms with Crippen molar-refractivity contribution >= 4 is 16.8 Å². The van der Waals surface area contributed by atoms with E-state index in [0.29, 0.717) is 28.9 Å². The number of nitrogens with one attached hydrogen (secondary N) is 2. The highest BCUT2D eigenvalue weighted by Gasteiger charge is 2.43. The van der Waals surface area contributed by atoms with Crippen LogP contribution in [0.5, 0.6) is 17.4 Å². The largest absolute Gasteiger partial charge is 0.493 e. The van der Waals surface area contributed by atoms with Gasteiger partial charge in [0, 0.05) is 19.2 Å². The number of nitrogens with zero attached hydrogens (tertiary/aromatic N) is 2. The first-order valence-electron chi connectivity index (χ1n) is 8.83. The normalized spacial score (nSPS) is 25.9. The fraction of sp³-hybridized carbons (Fsp3) is 0.500. The molecule has 0 unspecified atom stereocenters. The molecule has 26 heavy (non-hydrogen) atoms. The Balaban J connectivity index is 1.53. The maximum absolute atomic E-state index is 12.2. The lowest BCUT2D eigenvalue weighted by molar-refractivity contribution is -0.131. The van der Waals surface area contributed by atoms with Crippen molar-refractivity contribution in [2.75, 3.05) is 20.2 Å². The first-order valence-corrected chi connectivity index (χ1v) is 8.83. The van der Waals surface area contributed by atoms with Crippen molar-refractivity contribution in [2.24, 2.45) is 0 Å². The predicted octanol–water partition coefficient (Wildman–Crippen LogP) is 1.12. The Bertz CT molecular complexity index is 833. The van der Waals surface area contributed by atoms with Gasteiger partial charge in [-0.05, 0) is 31.7 Å². The topological polar surface area (TPSA) is 106 Å². The van der Waals surface area contributed by atoms with Crippen molar-refractivity contribution in [1.82, 2.24) is 20.6 Å². The van der Waals surface area contributed by atoms with Crippen molar-refractivity contribution in [3.05, 3.63) is 18.5 Å². The van der Waals surface area contributed by atoms with Gasteiger partial charge >= 0.3 is 0 Å². The summed E-state index contributed by atoms with van der Waals surface area (Å²) in [5, 5.41) is 16.8. The molecule has 138 valence electrons. The van der Waals surface area contributed by atoms with E-state index in [1.165, 1.54) is 6.33 Å². The lowest BCUT2D eigenvalue weighted by Crippen LogP contribution is -2.64. The fourth-order valence-corrected chi connectivity index (χ4v) is 3.81. The van der Waals surface area contributed by atoms with Gasteiger partial charge in [-0.3, -0.25) is 4.79 Å². The Morgan fingerprint density at radius 1 is 1.19 bits per heavy atom. The molecule has 0 radical (unpaired) electrons. The number of methoxy groups -OCH3 is 1. The van der Waals surface area contributed by atoms with Gasteiger partial charge in [0.15, 0.2) is 11.5 Å². The predicted molar refractivity (Wildman–Crippen MR) is 94.4 cm³/mol. The molecule has 1 aliphatic heterocycles. The second-order valence-corrected chi connectivity index (χ2v) is 6.80. The van der Waals surface area contributed by atoms with E-state index in [1.54, 1.807) is 19.2 Å². The number of aromatic hydroxyl groups is 1. The Kier molecular flexibility index (Phi) is 4.28. The molecule has 1 spiro atoms. The highest BCUT2D eigenvalue weighted by Crippen LogP contribution is 2.38. The summed E-state index contributed by atoms with van der Waals surface area (Å²) < 4.78 is 11.6. The van der Waals surface area contributed by atoms with E-state index in [0.717, 1.165) is 32.2 Å². The van der Waals surface area contributed by atoms with Crippen LogP contribution in [0.2, 0.25) is 0 Å². The molecule has 8 nitrogen and oxygen atoms in total. The highest BCUT2D eigenvalue weighted by atomic mass is 16.5. The van der Waals surface area contributed by atoms with E-state index in [9.17, 15) is 9.90 Å². The molecular formula is C18H22N4O4. The second-order valence-electron chi connectivity index (χ2n) is 6.80. The van der Waals surface area contributed by atoms with E-state index in [2.05, 4.69) is 20.6 Å². The summed E-state index contributed by atoms with van der Waals surface area (Å²) in [6.45, 7) is 1.48. The molecule has 1 aromatic heterocycles. The zero-order valence-corrected chi connectivity index (χ0v) is 14.6. The van der Waals surface area contributed by atoms with Gasteiger partial charge < -0.3 is 25.2 Å². The molecule has 1 amide bonds. The average molecular weight is 358 g/mol. The minimum Gasteiger partial charge on any atom is -0.493 e. The molecule has 1 aromatic carbocycles. The number of benzene rings is 1. The number of hydrogen-bond donors (Lipinski definition) is 3. The fourth-order valence-electron chi connectivity index (χ4n) is 3.81. The van der Waals surface area contributed by atoms with E-state index < -0.39 is 5.54 Å². The molecule has 1 saturated heterocycles. The van der Waals surface area contributed by atoms with E-state index >= 15 is 0 Å². The number of amides is 1. The van der Waals surface area contributed by atoms with E-state index in [4.69, 9.17) is 9.47 Å². The zero-order valence-electron chi connectivity index (χ0n) is 14.6. The van der Waals surface area contributed by atoms with Crippen LogP contribution in [-0.2, 0) is 4.79 Å². The molecule has 2 fully saturated rings. The summed E-state index contributed by atoms with van der Waals surface area (Å²) >= 11 is 0. The van der Waals surface area contributed by atoms with Crippen LogP contribution in [0.1, 0.15) is 25.7 Å². The van der Waals surface area contributed by atoms with Crippen molar-refractivity contribution in [1.29, 1.82) is 0 Å². The lowest BCUT2D eigenvalue weighted by Gasteiger charge is -2.42. The molecule has 2 aliphatic rings. The third-order valence-corrected chi connectivity index (χ3v) is 5.29. The first-order chi connectivity index (χ1) is 12.6. The minimum absolute atomic E-state index is 0.0183. The van der Waals surface area contributed by atoms with Gasteiger partial charge in [-0.15, -0.1) is 0 Å². The van der Waals surface area contributed by atoms with Crippen molar-refractivity contribution in [2.45, 2.75) is 37.3 Å². The monoisotopic (exact) mass is 358 g/mol. The Morgan fingerprint density at radius 2 is 2.00 bits per heavy atom. The van der Waals surface area contributed by atoms with E-state index in [-0.39, 0.29) is 17.9 Å². The van der Waals surface area contributed by atoms with Gasteiger partial charge in [-0.25, -0.2) is 9.97 Å². The molecular weight excluding hydrogens is 336 g/mol.